The summed E-state index contributed by atoms with van der Waals surface area (Å²) in [5, 5.41) is 8.95. The number of aryl methyl sites for hydroxylation is 1. The van der Waals surface area contributed by atoms with E-state index >= 15 is 0 Å². The largest absolute Gasteiger partial charge is 0.495 e. The van der Waals surface area contributed by atoms with Crippen LogP contribution in [-0.4, -0.2) is 44.8 Å². The van der Waals surface area contributed by atoms with Crippen molar-refractivity contribution in [3.05, 3.63) is 112 Å². The summed E-state index contributed by atoms with van der Waals surface area (Å²) in [5.41, 5.74) is 2.78. The Balaban J connectivity index is 1.46. The normalized spacial score (nSPS) is 10.9. The highest BCUT2D eigenvalue weighted by Gasteiger charge is 2.18. The maximum Gasteiger partial charge on any atom is 0.272 e. The zero-order chi connectivity index (χ0) is 32.3. The van der Waals surface area contributed by atoms with Crippen molar-refractivity contribution in [1.82, 2.24) is 5.32 Å². The first-order valence-corrected chi connectivity index (χ1v) is 15.1. The van der Waals surface area contributed by atoms with Crippen LogP contribution in [0.3, 0.4) is 0 Å². The molecule has 0 atom stereocenters. The first-order chi connectivity index (χ1) is 21.7. The molecule has 9 nitrogen and oxygen atoms in total. The molecular weight excluding hydrogens is 614 g/mol. The molecule has 232 valence electrons. The number of hydrogen-bond donors (Lipinski definition) is 3. The molecule has 0 bridgehead atoms. The van der Waals surface area contributed by atoms with Crippen LogP contribution in [0.15, 0.2) is 95.5 Å². The summed E-state index contributed by atoms with van der Waals surface area (Å²) < 4.78 is 16.2. The molecule has 0 saturated carbocycles. The van der Waals surface area contributed by atoms with Gasteiger partial charge in [0.15, 0.2) is 11.5 Å². The van der Waals surface area contributed by atoms with Gasteiger partial charge in [0.05, 0.1) is 32.8 Å². The summed E-state index contributed by atoms with van der Waals surface area (Å²) in [6.07, 6.45) is 1.53. The standard InChI is InChI=1S/C34H32ClN3O6S/c1-21-17-27(30(43-3)19-26(21)35)37-31(39)20-45-25-15-13-24(14-16-25)36-34(41)28(38-33(40)22-9-6-5-7-10-22)18-23-11-8-12-29(42-2)32(23)44-4/h5-19H,20H2,1-4H3,(H,36,41)(H,37,39)(H,38,40)/b28-18-. The minimum Gasteiger partial charge on any atom is -0.495 e. The lowest BCUT2D eigenvalue weighted by atomic mass is 10.1. The molecule has 0 heterocycles. The van der Waals surface area contributed by atoms with Crippen molar-refractivity contribution in [2.75, 3.05) is 37.7 Å². The second kappa shape index (κ2) is 15.7. The third-order valence-electron chi connectivity index (χ3n) is 6.50. The summed E-state index contributed by atoms with van der Waals surface area (Å²) in [4.78, 5) is 39.9. The van der Waals surface area contributed by atoms with E-state index < -0.39 is 11.8 Å². The van der Waals surface area contributed by atoms with Gasteiger partial charge in [-0.25, -0.2) is 0 Å². The van der Waals surface area contributed by atoms with Gasteiger partial charge in [0, 0.05) is 32.8 Å². The van der Waals surface area contributed by atoms with E-state index in [2.05, 4.69) is 16.0 Å². The van der Waals surface area contributed by atoms with E-state index in [1.54, 1.807) is 84.9 Å². The summed E-state index contributed by atoms with van der Waals surface area (Å²) >= 11 is 7.49. The van der Waals surface area contributed by atoms with E-state index in [1.165, 1.54) is 39.2 Å². The maximum absolute atomic E-state index is 13.5. The van der Waals surface area contributed by atoms with Gasteiger partial charge in [-0.1, -0.05) is 41.9 Å². The van der Waals surface area contributed by atoms with Crippen LogP contribution >= 0.6 is 23.4 Å². The fourth-order valence-electron chi connectivity index (χ4n) is 4.22. The topological polar surface area (TPSA) is 115 Å². The Hall–Kier alpha value is -4.93. The molecule has 0 aromatic heterocycles. The van der Waals surface area contributed by atoms with Crippen molar-refractivity contribution in [3.63, 3.8) is 0 Å². The summed E-state index contributed by atoms with van der Waals surface area (Å²) in [7, 11) is 4.52. The zero-order valence-electron chi connectivity index (χ0n) is 25.1. The Morgan fingerprint density at radius 3 is 2.20 bits per heavy atom. The van der Waals surface area contributed by atoms with Gasteiger partial charge in [-0.15, -0.1) is 11.8 Å². The number of carbonyl (C=O) groups excluding carboxylic acids is 3. The average molecular weight is 646 g/mol. The number of thioether (sulfide) groups is 1. The summed E-state index contributed by atoms with van der Waals surface area (Å²) in [6.45, 7) is 1.85. The van der Waals surface area contributed by atoms with E-state index in [0.29, 0.717) is 44.8 Å². The summed E-state index contributed by atoms with van der Waals surface area (Å²) in [6, 6.07) is 24.2. The first-order valence-electron chi connectivity index (χ1n) is 13.7. The van der Waals surface area contributed by atoms with Gasteiger partial charge in [-0.05, 0) is 67.1 Å². The monoisotopic (exact) mass is 645 g/mol. The van der Waals surface area contributed by atoms with Crippen molar-refractivity contribution in [3.8, 4) is 17.2 Å². The number of para-hydroxylation sites is 1. The van der Waals surface area contributed by atoms with Gasteiger partial charge >= 0.3 is 0 Å². The molecule has 0 aliphatic heterocycles. The Bertz CT molecular complexity index is 1710. The van der Waals surface area contributed by atoms with Crippen molar-refractivity contribution in [2.45, 2.75) is 11.8 Å². The third-order valence-corrected chi connectivity index (χ3v) is 7.92. The van der Waals surface area contributed by atoms with Gasteiger partial charge in [0.25, 0.3) is 11.8 Å². The molecule has 45 heavy (non-hydrogen) atoms. The lowest BCUT2D eigenvalue weighted by Crippen LogP contribution is -2.30. The molecule has 3 N–H and O–H groups in total. The molecular formula is C34H32ClN3O6S. The Labute approximate surface area is 270 Å². The van der Waals surface area contributed by atoms with Crippen LogP contribution in [0.5, 0.6) is 17.2 Å². The molecule has 4 aromatic rings. The predicted octanol–water partition coefficient (Wildman–Crippen LogP) is 6.81. The van der Waals surface area contributed by atoms with E-state index in [4.69, 9.17) is 25.8 Å². The number of nitrogens with one attached hydrogen (secondary N) is 3. The molecule has 4 aromatic carbocycles. The number of rotatable bonds is 12. The highest BCUT2D eigenvalue weighted by Crippen LogP contribution is 2.33. The molecule has 0 saturated heterocycles. The van der Waals surface area contributed by atoms with Gasteiger partial charge in [0.1, 0.15) is 11.4 Å². The SMILES string of the molecule is COc1cc(Cl)c(C)cc1NC(=O)CSc1ccc(NC(=O)/C(=C/c2cccc(OC)c2OC)NC(=O)c2ccccc2)cc1. The third kappa shape index (κ3) is 8.81. The van der Waals surface area contributed by atoms with E-state index in [9.17, 15) is 14.4 Å². The number of benzene rings is 4. The summed E-state index contributed by atoms with van der Waals surface area (Å²) in [5.74, 6) is 0.305. The van der Waals surface area contributed by atoms with Crippen LogP contribution in [0.4, 0.5) is 11.4 Å². The lowest BCUT2D eigenvalue weighted by Gasteiger charge is -2.14. The minimum atomic E-state index is -0.545. The zero-order valence-corrected chi connectivity index (χ0v) is 26.7. The smallest absolute Gasteiger partial charge is 0.272 e. The molecule has 11 heteroatoms. The second-order valence-corrected chi connectivity index (χ2v) is 11.0. The number of carbonyl (C=O) groups is 3. The molecule has 4 rings (SSSR count). The van der Waals surface area contributed by atoms with Crippen molar-refractivity contribution in [1.29, 1.82) is 0 Å². The van der Waals surface area contributed by atoms with Gasteiger partial charge < -0.3 is 30.2 Å². The van der Waals surface area contributed by atoms with E-state index in [0.717, 1.165) is 10.5 Å². The van der Waals surface area contributed by atoms with Crippen LogP contribution in [0.1, 0.15) is 21.5 Å². The van der Waals surface area contributed by atoms with Crippen molar-refractivity contribution >= 4 is 58.5 Å². The van der Waals surface area contributed by atoms with E-state index in [-0.39, 0.29) is 17.4 Å². The van der Waals surface area contributed by atoms with Crippen molar-refractivity contribution < 1.29 is 28.6 Å². The fraction of sp³-hybridized carbons (Fsp3) is 0.147. The fourth-order valence-corrected chi connectivity index (χ4v) is 5.07. The molecule has 0 fully saturated rings. The first kappa shape index (κ1) is 33.0. The molecule has 0 unspecified atom stereocenters. The highest BCUT2D eigenvalue weighted by atomic mass is 35.5. The minimum absolute atomic E-state index is 0.00149. The van der Waals surface area contributed by atoms with Gasteiger partial charge in [-0.3, -0.25) is 14.4 Å². The number of amides is 3. The predicted molar refractivity (Wildman–Crippen MR) is 179 cm³/mol. The quantitative estimate of drug-likeness (QED) is 0.114. The van der Waals surface area contributed by atoms with Crippen LogP contribution in [0.2, 0.25) is 5.02 Å². The number of hydrogen-bond acceptors (Lipinski definition) is 7. The highest BCUT2D eigenvalue weighted by molar-refractivity contribution is 8.00. The molecule has 0 aliphatic rings. The lowest BCUT2D eigenvalue weighted by molar-refractivity contribution is -0.114. The Kier molecular flexibility index (Phi) is 11.5. The van der Waals surface area contributed by atoms with E-state index in [1.807, 2.05) is 6.92 Å². The molecule has 0 spiro atoms. The number of methoxy groups -OCH3 is 3. The molecule has 0 aliphatic carbocycles. The Morgan fingerprint density at radius 1 is 0.822 bits per heavy atom. The average Bonchev–Trinajstić information content (AvgIpc) is 3.05. The van der Waals surface area contributed by atoms with Crippen LogP contribution in [0.25, 0.3) is 6.08 Å². The second-order valence-electron chi connectivity index (χ2n) is 9.58. The number of anilines is 2. The molecule has 3 amide bonds. The number of halogens is 1. The molecule has 0 radical (unpaired) electrons. The Morgan fingerprint density at radius 2 is 1.53 bits per heavy atom. The van der Waals surface area contributed by atoms with Crippen molar-refractivity contribution in [2.24, 2.45) is 0 Å². The van der Waals surface area contributed by atoms with Gasteiger partial charge in [-0.2, -0.15) is 0 Å². The maximum atomic E-state index is 13.5. The number of ether oxygens (including phenoxy) is 3. The van der Waals surface area contributed by atoms with Crippen LogP contribution < -0.4 is 30.2 Å². The van der Waals surface area contributed by atoms with Gasteiger partial charge in [0.2, 0.25) is 5.91 Å². The van der Waals surface area contributed by atoms with Crippen LogP contribution in [0, 0.1) is 6.92 Å². The van der Waals surface area contributed by atoms with Crippen LogP contribution in [-0.2, 0) is 9.59 Å².